The van der Waals surface area contributed by atoms with E-state index in [1.807, 2.05) is 0 Å². The Labute approximate surface area is 135 Å². The van der Waals surface area contributed by atoms with Crippen LogP contribution in [0.4, 0.5) is 0 Å². The van der Waals surface area contributed by atoms with E-state index in [1.165, 1.54) is 18.4 Å². The SMILES string of the molecule is CC1CCC(N)(c2nc3cc(Br)ccc3n2C(C)C)CC1. The van der Waals surface area contributed by atoms with Crippen LogP contribution in [0.15, 0.2) is 22.7 Å². The summed E-state index contributed by atoms with van der Waals surface area (Å²) in [7, 11) is 0. The fourth-order valence-electron chi connectivity index (χ4n) is 3.45. The second-order valence-electron chi connectivity index (χ2n) is 6.87. The van der Waals surface area contributed by atoms with Crippen molar-refractivity contribution in [3.05, 3.63) is 28.5 Å². The maximum atomic E-state index is 6.79. The molecule has 0 radical (unpaired) electrons. The van der Waals surface area contributed by atoms with Gasteiger partial charge in [-0.1, -0.05) is 22.9 Å². The second-order valence-corrected chi connectivity index (χ2v) is 7.79. The minimum Gasteiger partial charge on any atom is -0.324 e. The van der Waals surface area contributed by atoms with Gasteiger partial charge in [0.15, 0.2) is 0 Å². The van der Waals surface area contributed by atoms with Crippen LogP contribution in [0.25, 0.3) is 11.0 Å². The molecule has 0 spiro atoms. The standard InChI is InChI=1S/C17H24BrN3/c1-11(2)21-15-5-4-13(18)10-14(15)20-16(21)17(19)8-6-12(3)7-9-17/h4-5,10-12H,6-9,19H2,1-3H3. The van der Waals surface area contributed by atoms with Crippen molar-refractivity contribution >= 4 is 27.0 Å². The van der Waals surface area contributed by atoms with Crippen LogP contribution in [0.5, 0.6) is 0 Å². The van der Waals surface area contributed by atoms with E-state index in [1.54, 1.807) is 0 Å². The monoisotopic (exact) mass is 349 g/mol. The van der Waals surface area contributed by atoms with Gasteiger partial charge in [0.2, 0.25) is 0 Å². The molecule has 0 aliphatic heterocycles. The van der Waals surface area contributed by atoms with E-state index >= 15 is 0 Å². The first-order valence-corrected chi connectivity index (χ1v) is 8.67. The van der Waals surface area contributed by atoms with Gasteiger partial charge >= 0.3 is 0 Å². The first kappa shape index (κ1) is 15.0. The molecule has 1 fully saturated rings. The molecule has 0 amide bonds. The van der Waals surface area contributed by atoms with Gasteiger partial charge in [-0.25, -0.2) is 4.98 Å². The minimum atomic E-state index is -0.276. The number of benzene rings is 1. The minimum absolute atomic E-state index is 0.276. The van der Waals surface area contributed by atoms with Crippen LogP contribution < -0.4 is 5.73 Å². The molecule has 2 aromatic rings. The van der Waals surface area contributed by atoms with Crippen molar-refractivity contribution in [2.45, 2.75) is 58.0 Å². The molecule has 0 atom stereocenters. The summed E-state index contributed by atoms with van der Waals surface area (Å²) in [6, 6.07) is 6.68. The van der Waals surface area contributed by atoms with Crippen LogP contribution >= 0.6 is 15.9 Å². The second kappa shape index (κ2) is 5.40. The summed E-state index contributed by atoms with van der Waals surface area (Å²) in [6.07, 6.45) is 4.46. The highest BCUT2D eigenvalue weighted by atomic mass is 79.9. The Morgan fingerprint density at radius 3 is 2.62 bits per heavy atom. The van der Waals surface area contributed by atoms with Gasteiger partial charge in [-0.2, -0.15) is 0 Å². The molecule has 4 heteroatoms. The van der Waals surface area contributed by atoms with Crippen LogP contribution in [-0.4, -0.2) is 9.55 Å². The summed E-state index contributed by atoms with van der Waals surface area (Å²) in [5, 5.41) is 0. The molecule has 1 aromatic carbocycles. The van der Waals surface area contributed by atoms with E-state index in [2.05, 4.69) is 59.5 Å². The largest absolute Gasteiger partial charge is 0.324 e. The number of fused-ring (bicyclic) bond motifs is 1. The summed E-state index contributed by atoms with van der Waals surface area (Å²) in [5.74, 6) is 1.85. The van der Waals surface area contributed by atoms with Crippen molar-refractivity contribution in [3.8, 4) is 0 Å². The molecule has 114 valence electrons. The van der Waals surface area contributed by atoms with E-state index < -0.39 is 0 Å². The first-order chi connectivity index (χ1) is 9.90. The Balaban J connectivity index is 2.15. The number of nitrogens with zero attached hydrogens (tertiary/aromatic N) is 2. The van der Waals surface area contributed by atoms with E-state index in [-0.39, 0.29) is 5.54 Å². The van der Waals surface area contributed by atoms with Gasteiger partial charge in [-0.15, -0.1) is 0 Å². The van der Waals surface area contributed by atoms with Crippen molar-refractivity contribution in [2.24, 2.45) is 11.7 Å². The summed E-state index contributed by atoms with van der Waals surface area (Å²) in [6.45, 7) is 6.74. The lowest BCUT2D eigenvalue weighted by Gasteiger charge is -2.36. The summed E-state index contributed by atoms with van der Waals surface area (Å²) >= 11 is 3.54. The fraction of sp³-hybridized carbons (Fsp3) is 0.588. The van der Waals surface area contributed by atoms with E-state index in [4.69, 9.17) is 10.7 Å². The van der Waals surface area contributed by atoms with Gasteiger partial charge in [0.1, 0.15) is 5.82 Å². The Kier molecular flexibility index (Phi) is 3.87. The number of hydrogen-bond donors (Lipinski definition) is 1. The molecule has 3 nitrogen and oxygen atoms in total. The van der Waals surface area contributed by atoms with Crippen LogP contribution in [0.2, 0.25) is 0 Å². The Bertz CT molecular complexity index is 651. The van der Waals surface area contributed by atoms with Crippen molar-refractivity contribution in [1.82, 2.24) is 9.55 Å². The predicted octanol–water partition coefficient (Wildman–Crippen LogP) is 4.74. The zero-order chi connectivity index (χ0) is 15.2. The Morgan fingerprint density at radius 2 is 2.00 bits per heavy atom. The number of nitrogens with two attached hydrogens (primary N) is 1. The number of rotatable bonds is 2. The van der Waals surface area contributed by atoms with Gasteiger partial charge in [0.25, 0.3) is 0 Å². The quantitative estimate of drug-likeness (QED) is 0.850. The maximum absolute atomic E-state index is 6.79. The number of hydrogen-bond acceptors (Lipinski definition) is 2. The first-order valence-electron chi connectivity index (χ1n) is 7.87. The zero-order valence-corrected chi connectivity index (χ0v) is 14.7. The normalized spacial score (nSPS) is 26.7. The third kappa shape index (κ3) is 2.64. The number of imidazole rings is 1. The van der Waals surface area contributed by atoms with Gasteiger partial charge in [0, 0.05) is 10.5 Å². The molecule has 2 N–H and O–H groups in total. The summed E-state index contributed by atoms with van der Waals surface area (Å²) in [5.41, 5.74) is 8.74. The molecular formula is C17H24BrN3. The topological polar surface area (TPSA) is 43.8 Å². The van der Waals surface area contributed by atoms with Crippen LogP contribution in [-0.2, 0) is 5.54 Å². The molecule has 0 saturated heterocycles. The molecule has 1 saturated carbocycles. The van der Waals surface area contributed by atoms with Crippen molar-refractivity contribution in [2.75, 3.05) is 0 Å². The smallest absolute Gasteiger partial charge is 0.130 e. The Morgan fingerprint density at radius 1 is 1.33 bits per heavy atom. The molecule has 1 aliphatic rings. The third-order valence-corrected chi connectivity index (χ3v) is 5.27. The van der Waals surface area contributed by atoms with Gasteiger partial charge in [-0.05, 0) is 63.6 Å². The number of aromatic nitrogens is 2. The van der Waals surface area contributed by atoms with Crippen LogP contribution in [0.3, 0.4) is 0 Å². The Hall–Kier alpha value is -0.870. The highest BCUT2D eigenvalue weighted by Gasteiger charge is 2.36. The molecule has 3 rings (SSSR count). The molecule has 1 heterocycles. The van der Waals surface area contributed by atoms with E-state index in [0.717, 1.165) is 34.6 Å². The lowest BCUT2D eigenvalue weighted by molar-refractivity contribution is 0.229. The molecule has 1 aliphatic carbocycles. The summed E-state index contributed by atoms with van der Waals surface area (Å²) < 4.78 is 3.40. The third-order valence-electron chi connectivity index (χ3n) is 4.78. The molecule has 1 aromatic heterocycles. The predicted molar refractivity (Wildman–Crippen MR) is 91.3 cm³/mol. The fourth-order valence-corrected chi connectivity index (χ4v) is 3.80. The molecule has 0 unspecified atom stereocenters. The van der Waals surface area contributed by atoms with Crippen molar-refractivity contribution in [1.29, 1.82) is 0 Å². The number of halogens is 1. The average molecular weight is 350 g/mol. The maximum Gasteiger partial charge on any atom is 0.130 e. The van der Waals surface area contributed by atoms with Gasteiger partial charge in [-0.3, -0.25) is 0 Å². The lowest BCUT2D eigenvalue weighted by atomic mass is 9.77. The lowest BCUT2D eigenvalue weighted by Crippen LogP contribution is -2.42. The van der Waals surface area contributed by atoms with E-state index in [9.17, 15) is 0 Å². The molecule has 0 bridgehead atoms. The highest BCUT2D eigenvalue weighted by molar-refractivity contribution is 9.10. The van der Waals surface area contributed by atoms with Gasteiger partial charge in [0.05, 0.1) is 16.6 Å². The van der Waals surface area contributed by atoms with Crippen molar-refractivity contribution in [3.63, 3.8) is 0 Å². The van der Waals surface area contributed by atoms with E-state index in [0.29, 0.717) is 6.04 Å². The highest BCUT2D eigenvalue weighted by Crippen LogP contribution is 2.39. The zero-order valence-electron chi connectivity index (χ0n) is 13.1. The molecular weight excluding hydrogens is 326 g/mol. The van der Waals surface area contributed by atoms with Crippen molar-refractivity contribution < 1.29 is 0 Å². The van der Waals surface area contributed by atoms with Crippen LogP contribution in [0.1, 0.15) is 58.3 Å². The average Bonchev–Trinajstić information content (AvgIpc) is 2.81. The summed E-state index contributed by atoms with van der Waals surface area (Å²) in [4.78, 5) is 4.92. The van der Waals surface area contributed by atoms with Crippen LogP contribution in [0, 0.1) is 5.92 Å². The van der Waals surface area contributed by atoms with Gasteiger partial charge < -0.3 is 10.3 Å². The molecule has 21 heavy (non-hydrogen) atoms.